The van der Waals surface area contributed by atoms with Crippen molar-refractivity contribution in [2.75, 3.05) is 6.61 Å². The average Bonchev–Trinajstić information content (AvgIpc) is 2.69. The molecule has 6 atom stereocenters. The molecule has 3 N–H and O–H groups in total. The number of aliphatic hydroxyl groups is 1. The second-order valence-electron chi connectivity index (χ2n) is 6.57. The van der Waals surface area contributed by atoms with E-state index >= 15 is 0 Å². The molecular formula is C16H32O4. The van der Waals surface area contributed by atoms with E-state index < -0.39 is 0 Å². The summed E-state index contributed by atoms with van der Waals surface area (Å²) in [5, 5.41) is 22.2. The summed E-state index contributed by atoms with van der Waals surface area (Å²) in [6.07, 6.45) is 7.75. The Hall–Kier alpha value is -0.160. The van der Waals surface area contributed by atoms with Crippen LogP contribution in [0.25, 0.3) is 0 Å². The van der Waals surface area contributed by atoms with Gasteiger partial charge in [-0.25, -0.2) is 0 Å². The van der Waals surface area contributed by atoms with Crippen LogP contribution in [0.1, 0.15) is 59.3 Å². The van der Waals surface area contributed by atoms with Crippen molar-refractivity contribution in [1.29, 1.82) is 0 Å². The van der Waals surface area contributed by atoms with Crippen LogP contribution < -0.4 is 0 Å². The molecule has 2 rings (SSSR count). The number of hydrogen-bond acceptors (Lipinski definition) is 4. The van der Waals surface area contributed by atoms with E-state index in [0.29, 0.717) is 23.9 Å². The SMILES string of the molecule is CCC(O)[C@H](C)[C@@H]1CCCC2CC[C@H](C)OCC21.OO. The zero-order valence-corrected chi connectivity index (χ0v) is 13.2. The second-order valence-corrected chi connectivity index (χ2v) is 6.57. The van der Waals surface area contributed by atoms with Crippen molar-refractivity contribution in [3.05, 3.63) is 0 Å². The van der Waals surface area contributed by atoms with Gasteiger partial charge in [0.25, 0.3) is 0 Å². The molecule has 120 valence electrons. The van der Waals surface area contributed by atoms with E-state index in [1.54, 1.807) is 0 Å². The molecule has 1 saturated carbocycles. The molecular weight excluding hydrogens is 256 g/mol. The Bertz CT molecular complexity index is 257. The molecule has 0 aromatic rings. The van der Waals surface area contributed by atoms with Gasteiger partial charge >= 0.3 is 0 Å². The normalized spacial score (nSPS) is 36.9. The van der Waals surface area contributed by atoms with Gasteiger partial charge in [-0.1, -0.05) is 26.7 Å². The van der Waals surface area contributed by atoms with E-state index in [1.165, 1.54) is 32.1 Å². The zero-order chi connectivity index (χ0) is 15.1. The molecule has 1 aliphatic heterocycles. The lowest BCUT2D eigenvalue weighted by Gasteiger charge is -2.41. The third kappa shape index (κ3) is 4.42. The largest absolute Gasteiger partial charge is 0.393 e. The Morgan fingerprint density at radius 2 is 1.85 bits per heavy atom. The summed E-state index contributed by atoms with van der Waals surface area (Å²) in [6.45, 7) is 7.47. The lowest BCUT2D eigenvalue weighted by molar-refractivity contribution is -0.176. The maximum Gasteiger partial charge on any atom is 0.0565 e. The molecule has 4 heteroatoms. The molecule has 4 nitrogen and oxygen atoms in total. The van der Waals surface area contributed by atoms with E-state index in [0.717, 1.165) is 18.9 Å². The quantitative estimate of drug-likeness (QED) is 0.548. The van der Waals surface area contributed by atoms with E-state index in [1.807, 2.05) is 0 Å². The number of ether oxygens (including phenoxy) is 1. The van der Waals surface area contributed by atoms with Crippen LogP contribution in [0.5, 0.6) is 0 Å². The Kier molecular flexibility index (Phi) is 8.03. The van der Waals surface area contributed by atoms with Gasteiger partial charge in [0.2, 0.25) is 0 Å². The number of hydrogen-bond donors (Lipinski definition) is 3. The minimum Gasteiger partial charge on any atom is -0.393 e. The molecule has 0 aromatic carbocycles. The van der Waals surface area contributed by atoms with Crippen LogP contribution in [0.15, 0.2) is 0 Å². The van der Waals surface area contributed by atoms with Gasteiger partial charge in [-0.05, 0) is 56.3 Å². The molecule has 0 amide bonds. The molecule has 0 radical (unpaired) electrons. The van der Waals surface area contributed by atoms with E-state index in [-0.39, 0.29) is 6.10 Å². The van der Waals surface area contributed by atoms with Crippen LogP contribution in [0.4, 0.5) is 0 Å². The summed E-state index contributed by atoms with van der Waals surface area (Å²) >= 11 is 0. The summed E-state index contributed by atoms with van der Waals surface area (Å²) in [7, 11) is 0. The Balaban J connectivity index is 0.000000956. The first-order valence-corrected chi connectivity index (χ1v) is 8.13. The molecule has 0 bridgehead atoms. The average molecular weight is 288 g/mol. The van der Waals surface area contributed by atoms with E-state index in [4.69, 9.17) is 15.3 Å². The fourth-order valence-electron chi connectivity index (χ4n) is 4.13. The second kappa shape index (κ2) is 8.98. The first-order chi connectivity index (χ1) is 9.63. The summed E-state index contributed by atoms with van der Waals surface area (Å²) in [6, 6.07) is 0. The molecule has 2 aliphatic rings. The van der Waals surface area contributed by atoms with Gasteiger partial charge < -0.3 is 9.84 Å². The predicted molar refractivity (Wildman–Crippen MR) is 79.7 cm³/mol. The minimum absolute atomic E-state index is 0.130. The standard InChI is InChI=1S/C16H30O2.H2O2/c1-4-16(17)12(3)14-7-5-6-13-9-8-11(2)18-10-15(13)14;1-2/h11-17H,4-10H2,1-3H3;1-2H/t11-,12+,13?,14-,15?,16?;/m0./s1. The van der Waals surface area contributed by atoms with Crippen LogP contribution in [0, 0.1) is 23.7 Å². The van der Waals surface area contributed by atoms with Gasteiger partial charge in [0.1, 0.15) is 0 Å². The smallest absolute Gasteiger partial charge is 0.0565 e. The highest BCUT2D eigenvalue weighted by Crippen LogP contribution is 2.44. The summed E-state index contributed by atoms with van der Waals surface area (Å²) in [5.74, 6) is 2.64. The highest BCUT2D eigenvalue weighted by molar-refractivity contribution is 4.88. The van der Waals surface area contributed by atoms with Gasteiger partial charge in [-0.3, -0.25) is 10.5 Å². The van der Waals surface area contributed by atoms with Crippen molar-refractivity contribution in [3.63, 3.8) is 0 Å². The number of aliphatic hydroxyl groups excluding tert-OH is 1. The van der Waals surface area contributed by atoms with Gasteiger partial charge in [0, 0.05) is 0 Å². The topological polar surface area (TPSA) is 69.9 Å². The molecule has 1 heterocycles. The monoisotopic (exact) mass is 288 g/mol. The van der Waals surface area contributed by atoms with Crippen molar-refractivity contribution in [1.82, 2.24) is 0 Å². The van der Waals surface area contributed by atoms with Crippen molar-refractivity contribution < 1.29 is 20.4 Å². The van der Waals surface area contributed by atoms with Crippen LogP contribution in [-0.4, -0.2) is 34.4 Å². The number of fused-ring (bicyclic) bond motifs is 1. The van der Waals surface area contributed by atoms with E-state index in [9.17, 15) is 5.11 Å². The molecule has 20 heavy (non-hydrogen) atoms. The van der Waals surface area contributed by atoms with E-state index in [2.05, 4.69) is 20.8 Å². The maximum absolute atomic E-state index is 10.2. The maximum atomic E-state index is 10.2. The Morgan fingerprint density at radius 1 is 1.15 bits per heavy atom. The fourth-order valence-corrected chi connectivity index (χ4v) is 4.13. The molecule has 0 spiro atoms. The first-order valence-electron chi connectivity index (χ1n) is 8.13. The summed E-state index contributed by atoms with van der Waals surface area (Å²) in [4.78, 5) is 0. The summed E-state index contributed by atoms with van der Waals surface area (Å²) in [5.41, 5.74) is 0. The van der Waals surface area contributed by atoms with Crippen molar-refractivity contribution in [2.24, 2.45) is 23.7 Å². The van der Waals surface area contributed by atoms with Crippen LogP contribution in [0.2, 0.25) is 0 Å². The molecule has 2 fully saturated rings. The third-order valence-corrected chi connectivity index (χ3v) is 5.49. The van der Waals surface area contributed by atoms with Crippen LogP contribution >= 0.6 is 0 Å². The minimum atomic E-state index is -0.130. The van der Waals surface area contributed by atoms with Crippen LogP contribution in [-0.2, 0) is 4.74 Å². The lowest BCUT2D eigenvalue weighted by Crippen LogP contribution is -2.38. The lowest BCUT2D eigenvalue weighted by atomic mass is 9.65. The van der Waals surface area contributed by atoms with Gasteiger partial charge in [-0.15, -0.1) is 0 Å². The van der Waals surface area contributed by atoms with Crippen molar-refractivity contribution in [2.45, 2.75) is 71.5 Å². The molecule has 1 saturated heterocycles. The van der Waals surface area contributed by atoms with Crippen LogP contribution in [0.3, 0.4) is 0 Å². The molecule has 3 unspecified atom stereocenters. The van der Waals surface area contributed by atoms with Crippen molar-refractivity contribution in [3.8, 4) is 0 Å². The first kappa shape index (κ1) is 17.9. The van der Waals surface area contributed by atoms with Gasteiger partial charge in [0.05, 0.1) is 18.8 Å². The van der Waals surface area contributed by atoms with Gasteiger partial charge in [-0.2, -0.15) is 0 Å². The highest BCUT2D eigenvalue weighted by Gasteiger charge is 2.39. The Labute approximate surface area is 123 Å². The molecule has 0 aromatic heterocycles. The predicted octanol–water partition coefficient (Wildman–Crippen LogP) is 3.64. The Morgan fingerprint density at radius 3 is 2.50 bits per heavy atom. The highest BCUT2D eigenvalue weighted by atomic mass is 17.0. The van der Waals surface area contributed by atoms with Crippen molar-refractivity contribution >= 4 is 0 Å². The number of rotatable bonds is 3. The fraction of sp³-hybridized carbons (Fsp3) is 1.00. The summed E-state index contributed by atoms with van der Waals surface area (Å²) < 4.78 is 5.98. The zero-order valence-electron chi connectivity index (χ0n) is 13.2. The third-order valence-electron chi connectivity index (χ3n) is 5.49. The molecule has 1 aliphatic carbocycles. The van der Waals surface area contributed by atoms with Gasteiger partial charge in [0.15, 0.2) is 0 Å².